The lowest BCUT2D eigenvalue weighted by Gasteiger charge is -2.23. The van der Waals surface area contributed by atoms with Crippen LogP contribution in [-0.4, -0.2) is 24.0 Å². The number of ether oxygens (including phenoxy) is 1. The van der Waals surface area contributed by atoms with Gasteiger partial charge in [0.15, 0.2) is 0 Å². The number of hydrogen-bond acceptors (Lipinski definition) is 4. The number of hydrogen-bond donors (Lipinski definition) is 2. The van der Waals surface area contributed by atoms with Crippen molar-refractivity contribution in [3.8, 4) is 5.88 Å². The smallest absolute Gasteiger partial charge is 0.257 e. The molecule has 1 amide bonds. The van der Waals surface area contributed by atoms with Crippen LogP contribution in [0.15, 0.2) is 42.6 Å². The summed E-state index contributed by atoms with van der Waals surface area (Å²) in [7, 11) is 1.55. The molecule has 1 aromatic heterocycles. The summed E-state index contributed by atoms with van der Waals surface area (Å²) in [5, 5.41) is 6.45. The van der Waals surface area contributed by atoms with Crippen molar-refractivity contribution in [3.05, 3.63) is 48.2 Å². The zero-order valence-corrected chi connectivity index (χ0v) is 13.9. The van der Waals surface area contributed by atoms with Crippen molar-refractivity contribution < 1.29 is 9.53 Å². The van der Waals surface area contributed by atoms with E-state index in [4.69, 9.17) is 4.74 Å². The molecule has 126 valence electrons. The van der Waals surface area contributed by atoms with Crippen LogP contribution >= 0.6 is 0 Å². The summed E-state index contributed by atoms with van der Waals surface area (Å²) >= 11 is 0. The van der Waals surface area contributed by atoms with Crippen LogP contribution in [0.2, 0.25) is 0 Å². The van der Waals surface area contributed by atoms with Crippen molar-refractivity contribution in [3.63, 3.8) is 0 Å². The molecule has 1 fully saturated rings. The molecule has 1 heterocycles. The fourth-order valence-electron chi connectivity index (χ4n) is 2.97. The number of methoxy groups -OCH3 is 1. The van der Waals surface area contributed by atoms with Gasteiger partial charge in [-0.05, 0) is 43.2 Å². The third kappa shape index (κ3) is 4.25. The molecule has 1 aliphatic rings. The van der Waals surface area contributed by atoms with Gasteiger partial charge in [0.1, 0.15) is 0 Å². The minimum absolute atomic E-state index is 0.182. The predicted octanol–water partition coefficient (Wildman–Crippen LogP) is 4.09. The third-order valence-corrected chi connectivity index (χ3v) is 4.33. The highest BCUT2D eigenvalue weighted by molar-refractivity contribution is 6.04. The topological polar surface area (TPSA) is 63.2 Å². The Morgan fingerprint density at radius 1 is 1.04 bits per heavy atom. The van der Waals surface area contributed by atoms with Gasteiger partial charge in [-0.15, -0.1) is 0 Å². The Kier molecular flexibility index (Phi) is 5.31. The van der Waals surface area contributed by atoms with Crippen molar-refractivity contribution in [1.82, 2.24) is 4.98 Å². The van der Waals surface area contributed by atoms with Crippen LogP contribution < -0.4 is 15.4 Å². The predicted molar refractivity (Wildman–Crippen MR) is 95.7 cm³/mol. The highest BCUT2D eigenvalue weighted by Gasteiger charge is 2.13. The van der Waals surface area contributed by atoms with Gasteiger partial charge in [0, 0.05) is 29.7 Å². The molecule has 5 heteroatoms. The molecule has 2 N–H and O–H groups in total. The Hall–Kier alpha value is -2.56. The second-order valence-corrected chi connectivity index (χ2v) is 6.10. The summed E-state index contributed by atoms with van der Waals surface area (Å²) in [5.74, 6) is 0.308. The Morgan fingerprint density at radius 3 is 2.38 bits per heavy atom. The van der Waals surface area contributed by atoms with Crippen molar-refractivity contribution in [2.75, 3.05) is 17.7 Å². The van der Waals surface area contributed by atoms with E-state index in [1.54, 1.807) is 19.2 Å². The average molecular weight is 325 g/mol. The van der Waals surface area contributed by atoms with E-state index in [-0.39, 0.29) is 5.91 Å². The molecule has 1 saturated carbocycles. The molecule has 5 nitrogen and oxygen atoms in total. The van der Waals surface area contributed by atoms with Crippen LogP contribution in [0.5, 0.6) is 5.88 Å². The molecule has 0 radical (unpaired) electrons. The van der Waals surface area contributed by atoms with E-state index in [0.29, 0.717) is 17.5 Å². The van der Waals surface area contributed by atoms with E-state index < -0.39 is 0 Å². The number of nitrogens with zero attached hydrogens (tertiary/aromatic N) is 1. The number of nitrogens with one attached hydrogen (secondary N) is 2. The molecule has 2 aromatic rings. The fourth-order valence-corrected chi connectivity index (χ4v) is 2.97. The molecular weight excluding hydrogens is 302 g/mol. The first-order chi connectivity index (χ1) is 11.7. The molecule has 0 unspecified atom stereocenters. The fraction of sp³-hybridized carbons (Fsp3) is 0.368. The Morgan fingerprint density at radius 2 is 1.75 bits per heavy atom. The van der Waals surface area contributed by atoms with Crippen LogP contribution in [-0.2, 0) is 0 Å². The first-order valence-corrected chi connectivity index (χ1v) is 8.42. The summed E-state index contributed by atoms with van der Waals surface area (Å²) in [6.07, 6.45) is 7.95. The lowest BCUT2D eigenvalue weighted by Crippen LogP contribution is -2.22. The number of aromatic nitrogens is 1. The number of carbonyl (C=O) groups excluding carboxylic acids is 1. The Bertz CT molecular complexity index is 662. The summed E-state index contributed by atoms with van der Waals surface area (Å²) in [6, 6.07) is 11.8. The van der Waals surface area contributed by atoms with Crippen molar-refractivity contribution >= 4 is 17.3 Å². The van der Waals surface area contributed by atoms with Crippen molar-refractivity contribution in [2.45, 2.75) is 38.1 Å². The number of amides is 1. The zero-order valence-electron chi connectivity index (χ0n) is 13.9. The van der Waals surface area contributed by atoms with Gasteiger partial charge in [-0.2, -0.15) is 0 Å². The molecule has 0 atom stereocenters. The van der Waals surface area contributed by atoms with Gasteiger partial charge in [-0.1, -0.05) is 19.3 Å². The summed E-state index contributed by atoms with van der Waals surface area (Å²) in [5.41, 5.74) is 2.37. The Labute approximate surface area is 142 Å². The van der Waals surface area contributed by atoms with E-state index in [0.717, 1.165) is 11.4 Å². The van der Waals surface area contributed by atoms with Gasteiger partial charge in [0.2, 0.25) is 5.88 Å². The lowest BCUT2D eigenvalue weighted by atomic mass is 9.95. The quantitative estimate of drug-likeness (QED) is 0.869. The molecule has 24 heavy (non-hydrogen) atoms. The summed E-state index contributed by atoms with van der Waals surface area (Å²) in [6.45, 7) is 0. The minimum atomic E-state index is -0.182. The van der Waals surface area contributed by atoms with Gasteiger partial charge in [-0.25, -0.2) is 4.98 Å². The van der Waals surface area contributed by atoms with Crippen LogP contribution in [0.25, 0.3) is 0 Å². The van der Waals surface area contributed by atoms with Gasteiger partial charge in [-0.3, -0.25) is 4.79 Å². The molecule has 0 aliphatic heterocycles. The molecule has 1 aromatic carbocycles. The standard InChI is InChI=1S/C19H23N3O2/c1-24-18-12-7-14(13-20-18)19(23)22-17-10-8-16(9-11-17)21-15-5-3-2-4-6-15/h7-13,15,21H,2-6H2,1H3,(H,22,23). The van der Waals surface area contributed by atoms with Crippen molar-refractivity contribution in [1.29, 1.82) is 0 Å². The van der Waals surface area contributed by atoms with Gasteiger partial charge in [0.05, 0.1) is 12.7 Å². The van der Waals surface area contributed by atoms with Crippen molar-refractivity contribution in [2.24, 2.45) is 0 Å². The maximum Gasteiger partial charge on any atom is 0.257 e. The largest absolute Gasteiger partial charge is 0.481 e. The average Bonchev–Trinajstić information content (AvgIpc) is 2.64. The number of carbonyl (C=O) groups is 1. The van der Waals surface area contributed by atoms with E-state index in [1.807, 2.05) is 24.3 Å². The maximum absolute atomic E-state index is 12.2. The highest BCUT2D eigenvalue weighted by Crippen LogP contribution is 2.22. The van der Waals surface area contributed by atoms with Crippen LogP contribution in [0.1, 0.15) is 42.5 Å². The normalized spacial score (nSPS) is 14.9. The highest BCUT2D eigenvalue weighted by atomic mass is 16.5. The molecule has 0 bridgehead atoms. The molecule has 0 spiro atoms. The van der Waals surface area contributed by atoms with E-state index in [9.17, 15) is 4.79 Å². The SMILES string of the molecule is COc1ccc(C(=O)Nc2ccc(NC3CCCCC3)cc2)cn1. The van der Waals surface area contributed by atoms with Crippen LogP contribution in [0.4, 0.5) is 11.4 Å². The number of pyridine rings is 1. The van der Waals surface area contributed by atoms with Gasteiger partial charge in [0.25, 0.3) is 5.91 Å². The molecule has 3 rings (SSSR count). The lowest BCUT2D eigenvalue weighted by molar-refractivity contribution is 0.102. The van der Waals surface area contributed by atoms with E-state index in [2.05, 4.69) is 15.6 Å². The third-order valence-electron chi connectivity index (χ3n) is 4.33. The Balaban J connectivity index is 1.57. The van der Waals surface area contributed by atoms with Crippen LogP contribution in [0, 0.1) is 0 Å². The second kappa shape index (κ2) is 7.81. The second-order valence-electron chi connectivity index (χ2n) is 6.10. The summed E-state index contributed by atoms with van der Waals surface area (Å²) < 4.78 is 4.99. The number of rotatable bonds is 5. The van der Waals surface area contributed by atoms with E-state index in [1.165, 1.54) is 38.3 Å². The molecular formula is C19H23N3O2. The monoisotopic (exact) mass is 325 g/mol. The maximum atomic E-state index is 12.2. The number of benzene rings is 1. The zero-order chi connectivity index (χ0) is 16.8. The van der Waals surface area contributed by atoms with E-state index >= 15 is 0 Å². The summed E-state index contributed by atoms with van der Waals surface area (Å²) in [4.78, 5) is 16.3. The van der Waals surface area contributed by atoms with Crippen LogP contribution in [0.3, 0.4) is 0 Å². The molecule has 1 aliphatic carbocycles. The minimum Gasteiger partial charge on any atom is -0.481 e. The van der Waals surface area contributed by atoms with Gasteiger partial charge < -0.3 is 15.4 Å². The first kappa shape index (κ1) is 16.3. The number of anilines is 2. The van der Waals surface area contributed by atoms with Gasteiger partial charge >= 0.3 is 0 Å². The molecule has 0 saturated heterocycles. The first-order valence-electron chi connectivity index (χ1n) is 8.42.